The number of benzene rings is 1. The molecule has 10 heteroatoms. The number of amides is 1. The summed E-state index contributed by atoms with van der Waals surface area (Å²) in [6.07, 6.45) is 0.529. The number of pyridine rings is 1. The summed E-state index contributed by atoms with van der Waals surface area (Å²) in [6.45, 7) is 6.34. The number of thiophene rings is 1. The van der Waals surface area contributed by atoms with Crippen molar-refractivity contribution in [2.24, 2.45) is 0 Å². The van der Waals surface area contributed by atoms with Crippen molar-refractivity contribution in [1.82, 2.24) is 10.3 Å². The van der Waals surface area contributed by atoms with Crippen molar-refractivity contribution < 1.29 is 28.5 Å². The Balaban J connectivity index is 1.71. The number of esters is 1. The van der Waals surface area contributed by atoms with Crippen molar-refractivity contribution >= 4 is 39.1 Å². The molecule has 2 aromatic heterocycles. The van der Waals surface area contributed by atoms with Gasteiger partial charge >= 0.3 is 5.97 Å². The van der Waals surface area contributed by atoms with E-state index in [0.717, 1.165) is 22.6 Å². The smallest absolute Gasteiger partial charge is 0.339 e. The van der Waals surface area contributed by atoms with Crippen LogP contribution in [0.25, 0.3) is 10.2 Å². The van der Waals surface area contributed by atoms with Crippen molar-refractivity contribution in [3.05, 3.63) is 45.5 Å². The van der Waals surface area contributed by atoms with Gasteiger partial charge in [-0.2, -0.15) is 0 Å². The molecule has 0 saturated heterocycles. The predicted octanol–water partition coefficient (Wildman–Crippen LogP) is 3.85. The number of anilines is 1. The highest BCUT2D eigenvalue weighted by molar-refractivity contribution is 7.21. The van der Waals surface area contributed by atoms with Crippen LogP contribution in [0.4, 0.5) is 5.69 Å². The fraction of sp³-hybridized carbons (Fsp3) is 0.400. The highest BCUT2D eigenvalue weighted by Gasteiger charge is 2.34. The largest absolute Gasteiger partial charge is 0.497 e. The molecule has 0 fully saturated rings. The zero-order valence-electron chi connectivity index (χ0n) is 20.4. The second kappa shape index (κ2) is 9.71. The van der Waals surface area contributed by atoms with Gasteiger partial charge in [0.2, 0.25) is 0 Å². The van der Waals surface area contributed by atoms with Gasteiger partial charge < -0.3 is 30.0 Å². The third-order valence-corrected chi connectivity index (χ3v) is 6.98. The van der Waals surface area contributed by atoms with Gasteiger partial charge in [0.1, 0.15) is 21.2 Å². The highest BCUT2D eigenvalue weighted by atomic mass is 32.1. The van der Waals surface area contributed by atoms with E-state index in [2.05, 4.69) is 5.32 Å². The van der Waals surface area contributed by atoms with Crippen LogP contribution in [0.5, 0.6) is 11.5 Å². The number of aromatic nitrogens is 1. The average molecular weight is 500 g/mol. The zero-order chi connectivity index (χ0) is 25.3. The molecule has 0 spiro atoms. The van der Waals surface area contributed by atoms with E-state index in [4.69, 9.17) is 29.7 Å². The van der Waals surface area contributed by atoms with Gasteiger partial charge in [0.15, 0.2) is 0 Å². The quantitative estimate of drug-likeness (QED) is 0.470. The van der Waals surface area contributed by atoms with E-state index in [9.17, 15) is 9.59 Å². The summed E-state index contributed by atoms with van der Waals surface area (Å²) in [5, 5.41) is 3.32. The van der Waals surface area contributed by atoms with E-state index in [1.54, 1.807) is 33.3 Å². The maximum absolute atomic E-state index is 13.1. The van der Waals surface area contributed by atoms with Crippen molar-refractivity contribution in [3.8, 4) is 11.5 Å². The molecule has 0 radical (unpaired) electrons. The summed E-state index contributed by atoms with van der Waals surface area (Å²) in [6, 6.07) is 5.36. The Hall–Kier alpha value is -3.37. The third kappa shape index (κ3) is 4.76. The number of fused-ring (bicyclic) bond motifs is 2. The Kier molecular flexibility index (Phi) is 6.86. The molecule has 1 aromatic carbocycles. The number of nitrogen functional groups attached to an aromatic ring is 1. The van der Waals surface area contributed by atoms with Crippen molar-refractivity contribution in [3.63, 3.8) is 0 Å². The van der Waals surface area contributed by atoms with Crippen molar-refractivity contribution in [2.75, 3.05) is 26.6 Å². The van der Waals surface area contributed by atoms with E-state index in [-0.39, 0.29) is 36.2 Å². The molecule has 0 unspecified atom stereocenters. The molecular weight excluding hydrogens is 470 g/mol. The lowest BCUT2D eigenvalue weighted by Crippen LogP contribution is -2.33. The number of nitrogens with zero attached hydrogens (tertiary/aromatic N) is 1. The summed E-state index contributed by atoms with van der Waals surface area (Å²) >= 11 is 1.16. The number of carbonyl (C=O) groups excluding carboxylic acids is 2. The van der Waals surface area contributed by atoms with Crippen LogP contribution in [0.3, 0.4) is 0 Å². The van der Waals surface area contributed by atoms with Crippen molar-refractivity contribution in [1.29, 1.82) is 0 Å². The van der Waals surface area contributed by atoms with Gasteiger partial charge in [-0.1, -0.05) is 0 Å². The molecule has 1 aliphatic rings. The first-order valence-electron chi connectivity index (χ1n) is 11.2. The second-order valence-electron chi connectivity index (χ2n) is 8.74. The number of hydrogen-bond donors (Lipinski definition) is 2. The van der Waals surface area contributed by atoms with Crippen molar-refractivity contribution in [2.45, 2.75) is 45.9 Å². The van der Waals surface area contributed by atoms with Crippen LogP contribution in [0.2, 0.25) is 0 Å². The van der Waals surface area contributed by atoms with Gasteiger partial charge in [-0.25, -0.2) is 9.78 Å². The summed E-state index contributed by atoms with van der Waals surface area (Å²) < 4.78 is 21.9. The Morgan fingerprint density at radius 2 is 2.03 bits per heavy atom. The molecular formula is C25H29N3O6S. The van der Waals surface area contributed by atoms with Crippen LogP contribution in [0.1, 0.15) is 57.6 Å². The summed E-state index contributed by atoms with van der Waals surface area (Å²) in [7, 11) is 3.13. The molecule has 0 bridgehead atoms. The zero-order valence-corrected chi connectivity index (χ0v) is 21.3. The molecule has 4 rings (SSSR count). The third-order valence-electron chi connectivity index (χ3n) is 5.88. The van der Waals surface area contributed by atoms with Gasteiger partial charge in [-0.05, 0) is 32.9 Å². The molecule has 186 valence electrons. The Morgan fingerprint density at radius 1 is 1.26 bits per heavy atom. The van der Waals surface area contributed by atoms with E-state index in [1.165, 1.54) is 0 Å². The van der Waals surface area contributed by atoms with E-state index < -0.39 is 11.6 Å². The number of carbonyl (C=O) groups is 2. The van der Waals surface area contributed by atoms with Gasteiger partial charge in [-0.3, -0.25) is 4.79 Å². The molecule has 1 amide bonds. The Bertz CT molecular complexity index is 1300. The van der Waals surface area contributed by atoms with E-state index in [1.807, 2.05) is 19.9 Å². The number of rotatable bonds is 7. The number of hydrogen-bond acceptors (Lipinski definition) is 9. The predicted molar refractivity (Wildman–Crippen MR) is 133 cm³/mol. The standard InChI is InChI=1S/C25H29N3O6S/c1-6-33-24(30)18-15-12-34-25(2,3)10-16(15)28-23-19(18)20(26)21(35-23)22(29)27-11-13-7-8-14(31-4)9-17(13)32-5/h7-9H,6,10-12,26H2,1-5H3,(H,27,29). The van der Waals surface area contributed by atoms with Crippen LogP contribution in [-0.2, 0) is 29.0 Å². The first-order valence-corrected chi connectivity index (χ1v) is 12.0. The fourth-order valence-corrected chi connectivity index (χ4v) is 5.15. The monoisotopic (exact) mass is 499 g/mol. The Labute approximate surface area is 207 Å². The molecule has 3 aromatic rings. The SMILES string of the molecule is CCOC(=O)c1c2c(nc3sc(C(=O)NCc4ccc(OC)cc4OC)c(N)c13)CC(C)(C)OC2. The van der Waals surface area contributed by atoms with Crippen LogP contribution in [-0.4, -0.2) is 43.3 Å². The molecule has 0 aliphatic carbocycles. The first-order chi connectivity index (χ1) is 16.7. The minimum atomic E-state index is -0.501. The molecule has 0 atom stereocenters. The minimum Gasteiger partial charge on any atom is -0.497 e. The van der Waals surface area contributed by atoms with Gasteiger partial charge in [0.05, 0.1) is 55.4 Å². The molecule has 9 nitrogen and oxygen atoms in total. The van der Waals surface area contributed by atoms with Crippen LogP contribution >= 0.6 is 11.3 Å². The first kappa shape index (κ1) is 24.7. The Morgan fingerprint density at radius 3 is 2.71 bits per heavy atom. The fourth-order valence-electron chi connectivity index (χ4n) is 4.11. The van der Waals surface area contributed by atoms with Gasteiger partial charge in [-0.15, -0.1) is 11.3 Å². The number of nitrogens with one attached hydrogen (secondary N) is 1. The minimum absolute atomic E-state index is 0.201. The molecule has 1 aliphatic heterocycles. The normalized spacial score (nSPS) is 14.3. The molecule has 3 N–H and O–H groups in total. The van der Waals surface area contributed by atoms with E-state index >= 15 is 0 Å². The van der Waals surface area contributed by atoms with Crippen LogP contribution < -0.4 is 20.5 Å². The molecule has 35 heavy (non-hydrogen) atoms. The molecule has 0 saturated carbocycles. The van der Waals surface area contributed by atoms with E-state index in [0.29, 0.717) is 39.3 Å². The van der Waals surface area contributed by atoms with Gasteiger partial charge in [0, 0.05) is 30.2 Å². The highest BCUT2D eigenvalue weighted by Crippen LogP contribution is 2.40. The summed E-state index contributed by atoms with van der Waals surface area (Å²) in [5.74, 6) is 0.376. The topological polar surface area (TPSA) is 122 Å². The maximum atomic E-state index is 13.1. The van der Waals surface area contributed by atoms with Crippen LogP contribution in [0, 0.1) is 0 Å². The lowest BCUT2D eigenvalue weighted by atomic mass is 9.92. The maximum Gasteiger partial charge on any atom is 0.339 e. The number of ether oxygens (including phenoxy) is 4. The second-order valence-corrected chi connectivity index (χ2v) is 9.74. The lowest BCUT2D eigenvalue weighted by Gasteiger charge is -2.32. The average Bonchev–Trinajstić information content (AvgIpc) is 3.16. The van der Waals surface area contributed by atoms with Crippen LogP contribution in [0.15, 0.2) is 18.2 Å². The summed E-state index contributed by atoms with van der Waals surface area (Å²) in [5.41, 5.74) is 8.75. The molecule has 3 heterocycles. The number of nitrogens with two attached hydrogens (primary N) is 1. The lowest BCUT2D eigenvalue weighted by molar-refractivity contribution is -0.0416. The summed E-state index contributed by atoms with van der Waals surface area (Å²) in [4.78, 5) is 31.7. The van der Waals surface area contributed by atoms with Gasteiger partial charge in [0.25, 0.3) is 5.91 Å². The number of methoxy groups -OCH3 is 2.